The molecule has 1 aliphatic rings. The number of aryl methyl sites for hydroxylation is 1. The second-order valence-electron chi connectivity index (χ2n) is 7.86. The third kappa shape index (κ3) is 6.15. The Balaban J connectivity index is 1.97. The minimum atomic E-state index is -0.466. The maximum absolute atomic E-state index is 11.9. The molecule has 0 radical (unpaired) electrons. The average Bonchev–Trinajstić information content (AvgIpc) is 2.54. The summed E-state index contributed by atoms with van der Waals surface area (Å²) in [5.41, 5.74) is 1.84. The minimum absolute atomic E-state index is 0.339. The van der Waals surface area contributed by atoms with E-state index in [4.69, 9.17) is 9.47 Å². The maximum atomic E-state index is 11.9. The fraction of sp³-hybridized carbons (Fsp3) is 0.650. The molecule has 1 aliphatic carbocycles. The van der Waals surface area contributed by atoms with E-state index in [1.807, 2.05) is 32.9 Å². The molecule has 5 heteroatoms. The van der Waals surface area contributed by atoms with E-state index in [0.717, 1.165) is 24.3 Å². The van der Waals surface area contributed by atoms with Crippen LogP contribution in [-0.2, 0) is 4.74 Å². The number of methoxy groups -OCH3 is 1. The van der Waals surface area contributed by atoms with Crippen LogP contribution in [0.1, 0.15) is 52.0 Å². The Morgan fingerprint density at radius 1 is 1.24 bits per heavy atom. The van der Waals surface area contributed by atoms with Crippen molar-refractivity contribution in [2.24, 2.45) is 5.92 Å². The summed E-state index contributed by atoms with van der Waals surface area (Å²) in [7, 11) is 1.68. The number of anilines is 1. The molecule has 2 rings (SSSR count). The molecule has 0 spiro atoms. The Morgan fingerprint density at radius 3 is 2.64 bits per heavy atom. The molecule has 1 saturated carbocycles. The first-order valence-corrected chi connectivity index (χ1v) is 9.16. The van der Waals surface area contributed by atoms with E-state index in [9.17, 15) is 4.79 Å². The van der Waals surface area contributed by atoms with Crippen molar-refractivity contribution >= 4 is 11.8 Å². The lowest BCUT2D eigenvalue weighted by molar-refractivity contribution is 0.0514. The molecule has 5 nitrogen and oxygen atoms in total. The van der Waals surface area contributed by atoms with Gasteiger partial charge >= 0.3 is 6.09 Å². The molecule has 0 aromatic heterocycles. The van der Waals surface area contributed by atoms with Crippen molar-refractivity contribution in [1.29, 1.82) is 0 Å². The van der Waals surface area contributed by atoms with E-state index < -0.39 is 5.60 Å². The number of carbonyl (C=O) groups is 1. The molecule has 0 aliphatic heterocycles. The zero-order chi connectivity index (χ0) is 18.4. The van der Waals surface area contributed by atoms with Crippen LogP contribution in [-0.4, -0.2) is 31.4 Å². The summed E-state index contributed by atoms with van der Waals surface area (Å²) >= 11 is 0. The van der Waals surface area contributed by atoms with Gasteiger partial charge in [0.05, 0.1) is 7.11 Å². The number of hydrogen-bond donors (Lipinski definition) is 2. The lowest BCUT2D eigenvalue weighted by Crippen LogP contribution is -2.42. The van der Waals surface area contributed by atoms with Gasteiger partial charge in [0.1, 0.15) is 11.4 Å². The smallest absolute Gasteiger partial charge is 0.407 e. The van der Waals surface area contributed by atoms with Crippen LogP contribution in [0.3, 0.4) is 0 Å². The molecular weight excluding hydrogens is 316 g/mol. The normalized spacial score (nSPS) is 20.7. The van der Waals surface area contributed by atoms with Crippen molar-refractivity contribution in [3.63, 3.8) is 0 Å². The van der Waals surface area contributed by atoms with Gasteiger partial charge in [0, 0.05) is 24.3 Å². The van der Waals surface area contributed by atoms with E-state index in [1.54, 1.807) is 7.11 Å². The Kier molecular flexibility index (Phi) is 6.57. The maximum Gasteiger partial charge on any atom is 0.407 e. The topological polar surface area (TPSA) is 59.6 Å². The zero-order valence-electron chi connectivity index (χ0n) is 16.1. The first-order valence-electron chi connectivity index (χ1n) is 9.16. The SMILES string of the molecule is COc1ccc(C)c(NC2CCCCC2CNC(=O)OC(C)(C)C)c1. The van der Waals surface area contributed by atoms with Gasteiger partial charge in [-0.3, -0.25) is 0 Å². The highest BCUT2D eigenvalue weighted by Gasteiger charge is 2.26. The highest BCUT2D eigenvalue weighted by molar-refractivity contribution is 5.67. The van der Waals surface area contributed by atoms with Crippen LogP contribution in [0, 0.1) is 12.8 Å². The molecule has 1 fully saturated rings. The average molecular weight is 348 g/mol. The molecule has 25 heavy (non-hydrogen) atoms. The first-order chi connectivity index (χ1) is 11.8. The largest absolute Gasteiger partial charge is 0.497 e. The van der Waals surface area contributed by atoms with Crippen molar-refractivity contribution in [2.45, 2.75) is 65.0 Å². The summed E-state index contributed by atoms with van der Waals surface area (Å²) in [5.74, 6) is 1.25. The Bertz CT molecular complexity index is 581. The lowest BCUT2D eigenvalue weighted by Gasteiger charge is -2.33. The van der Waals surface area contributed by atoms with E-state index >= 15 is 0 Å². The second-order valence-corrected chi connectivity index (χ2v) is 7.86. The van der Waals surface area contributed by atoms with Crippen LogP contribution in [0.25, 0.3) is 0 Å². The van der Waals surface area contributed by atoms with Gasteiger partial charge in [0.15, 0.2) is 0 Å². The third-order valence-corrected chi connectivity index (χ3v) is 4.60. The van der Waals surface area contributed by atoms with Crippen LogP contribution in [0.5, 0.6) is 5.75 Å². The second kappa shape index (κ2) is 8.45. The molecule has 140 valence electrons. The lowest BCUT2D eigenvalue weighted by atomic mass is 9.84. The predicted molar refractivity (Wildman–Crippen MR) is 101 cm³/mol. The van der Waals surface area contributed by atoms with Crippen molar-refractivity contribution in [1.82, 2.24) is 5.32 Å². The number of nitrogens with one attached hydrogen (secondary N) is 2. The van der Waals surface area contributed by atoms with Gasteiger partial charge in [-0.2, -0.15) is 0 Å². The van der Waals surface area contributed by atoms with Gasteiger partial charge in [-0.15, -0.1) is 0 Å². The van der Waals surface area contributed by atoms with Gasteiger partial charge in [0.2, 0.25) is 0 Å². The van der Waals surface area contributed by atoms with Gasteiger partial charge in [-0.05, 0) is 58.1 Å². The fourth-order valence-electron chi connectivity index (χ4n) is 3.25. The summed E-state index contributed by atoms with van der Waals surface area (Å²) < 4.78 is 10.7. The number of carbonyl (C=O) groups excluding carboxylic acids is 1. The molecule has 2 atom stereocenters. The predicted octanol–water partition coefficient (Wildman–Crippen LogP) is 4.50. The van der Waals surface area contributed by atoms with Crippen LogP contribution in [0.15, 0.2) is 18.2 Å². The van der Waals surface area contributed by atoms with Crippen LogP contribution in [0.4, 0.5) is 10.5 Å². The molecule has 1 aromatic rings. The highest BCUT2D eigenvalue weighted by atomic mass is 16.6. The van der Waals surface area contributed by atoms with Gasteiger partial charge in [0.25, 0.3) is 0 Å². The van der Waals surface area contributed by atoms with Gasteiger partial charge in [-0.1, -0.05) is 18.9 Å². The standard InChI is InChI=1S/C20H32N2O3/c1-14-10-11-16(24-5)12-18(14)22-17-9-7-6-8-15(17)13-21-19(23)25-20(2,3)4/h10-12,15,17,22H,6-9,13H2,1-5H3,(H,21,23). The third-order valence-electron chi connectivity index (χ3n) is 4.60. The molecule has 0 heterocycles. The Labute approximate surface area is 151 Å². The van der Waals surface area contributed by atoms with Crippen molar-refractivity contribution < 1.29 is 14.3 Å². The number of amides is 1. The Morgan fingerprint density at radius 2 is 1.96 bits per heavy atom. The van der Waals surface area contributed by atoms with Crippen LogP contribution >= 0.6 is 0 Å². The Hall–Kier alpha value is -1.91. The number of ether oxygens (including phenoxy) is 2. The van der Waals surface area contributed by atoms with Gasteiger partial charge in [-0.25, -0.2) is 4.79 Å². The van der Waals surface area contributed by atoms with Gasteiger partial charge < -0.3 is 20.1 Å². The summed E-state index contributed by atoms with van der Waals surface area (Å²) in [6, 6.07) is 6.43. The highest BCUT2D eigenvalue weighted by Crippen LogP contribution is 2.30. The molecule has 1 amide bonds. The summed E-state index contributed by atoms with van der Waals surface area (Å²) in [5, 5.41) is 6.61. The van der Waals surface area contributed by atoms with Crippen LogP contribution < -0.4 is 15.4 Å². The number of benzene rings is 1. The van der Waals surface area contributed by atoms with Crippen molar-refractivity contribution in [3.05, 3.63) is 23.8 Å². The molecule has 0 saturated heterocycles. The molecule has 2 N–H and O–H groups in total. The molecule has 2 unspecified atom stereocenters. The van der Waals surface area contributed by atoms with E-state index in [0.29, 0.717) is 18.5 Å². The summed E-state index contributed by atoms with van der Waals surface area (Å²) in [6.45, 7) is 8.36. The molecular formula is C20H32N2O3. The zero-order valence-corrected chi connectivity index (χ0v) is 16.1. The van der Waals surface area contributed by atoms with Crippen molar-refractivity contribution in [2.75, 3.05) is 19.0 Å². The first kappa shape index (κ1) is 19.4. The molecule has 1 aromatic carbocycles. The van der Waals surface area contributed by atoms with Crippen molar-refractivity contribution in [3.8, 4) is 5.75 Å². The monoisotopic (exact) mass is 348 g/mol. The minimum Gasteiger partial charge on any atom is -0.497 e. The summed E-state index contributed by atoms with van der Waals surface area (Å²) in [4.78, 5) is 11.9. The van der Waals surface area contributed by atoms with E-state index in [2.05, 4.69) is 23.6 Å². The quantitative estimate of drug-likeness (QED) is 0.822. The fourth-order valence-corrected chi connectivity index (χ4v) is 3.25. The van der Waals surface area contributed by atoms with E-state index in [-0.39, 0.29) is 6.09 Å². The molecule has 0 bridgehead atoms. The van der Waals surface area contributed by atoms with Crippen LogP contribution in [0.2, 0.25) is 0 Å². The number of rotatable bonds is 5. The number of hydrogen-bond acceptors (Lipinski definition) is 4. The summed E-state index contributed by atoms with van der Waals surface area (Å²) in [6.07, 6.45) is 4.29. The number of alkyl carbamates (subject to hydrolysis) is 1. The van der Waals surface area contributed by atoms with E-state index in [1.165, 1.54) is 18.4 Å².